The van der Waals surface area contributed by atoms with E-state index in [2.05, 4.69) is 20.3 Å². The normalized spacial score (nSPS) is 10.4. The number of thiazole rings is 1. The highest BCUT2D eigenvalue weighted by Crippen LogP contribution is 2.34. The fourth-order valence-electron chi connectivity index (χ4n) is 1.85. The van der Waals surface area contributed by atoms with Gasteiger partial charge in [0.05, 0.1) is 6.42 Å². The van der Waals surface area contributed by atoms with Crippen LogP contribution < -0.4 is 5.32 Å². The summed E-state index contributed by atoms with van der Waals surface area (Å²) in [7, 11) is 0. The lowest BCUT2D eigenvalue weighted by Gasteiger charge is -2.02. The molecule has 0 radical (unpaired) electrons. The maximum absolute atomic E-state index is 12.1. The van der Waals surface area contributed by atoms with E-state index in [1.165, 1.54) is 11.3 Å². The maximum Gasteiger partial charge on any atom is 0.229 e. The number of anilines is 1. The second-order valence-electron chi connectivity index (χ2n) is 4.46. The summed E-state index contributed by atoms with van der Waals surface area (Å²) in [4.78, 5) is 24.3. The Hall–Kier alpha value is -2.31. The molecule has 0 aromatic carbocycles. The number of amides is 1. The molecule has 0 atom stereocenters. The van der Waals surface area contributed by atoms with Crippen molar-refractivity contribution in [1.29, 1.82) is 0 Å². The number of pyridine rings is 2. The fraction of sp³-hybridized carbons (Fsp3) is 0.0667. The van der Waals surface area contributed by atoms with Crippen molar-refractivity contribution in [2.24, 2.45) is 0 Å². The van der Waals surface area contributed by atoms with Gasteiger partial charge in [-0.05, 0) is 29.8 Å². The van der Waals surface area contributed by atoms with Crippen molar-refractivity contribution < 1.29 is 4.79 Å². The van der Waals surface area contributed by atoms with Crippen molar-refractivity contribution in [3.8, 4) is 10.6 Å². The fourth-order valence-corrected chi connectivity index (χ4v) is 3.01. The minimum atomic E-state index is -0.144. The summed E-state index contributed by atoms with van der Waals surface area (Å²) in [5.41, 5.74) is 1.75. The third kappa shape index (κ3) is 3.47. The van der Waals surface area contributed by atoms with Crippen molar-refractivity contribution >= 4 is 33.8 Å². The van der Waals surface area contributed by atoms with E-state index in [0.29, 0.717) is 5.00 Å². The zero-order valence-corrected chi connectivity index (χ0v) is 12.9. The first-order valence-electron chi connectivity index (χ1n) is 6.48. The van der Waals surface area contributed by atoms with Crippen molar-refractivity contribution in [2.45, 2.75) is 6.42 Å². The molecule has 0 spiro atoms. The van der Waals surface area contributed by atoms with E-state index in [0.717, 1.165) is 16.1 Å². The summed E-state index contributed by atoms with van der Waals surface area (Å²) in [5, 5.41) is 4.34. The van der Waals surface area contributed by atoms with Gasteiger partial charge in [0.1, 0.15) is 10.0 Å². The Morgan fingerprint density at radius 2 is 2.00 bits per heavy atom. The van der Waals surface area contributed by atoms with Gasteiger partial charge in [0.15, 0.2) is 5.15 Å². The van der Waals surface area contributed by atoms with Crippen LogP contribution in [0.5, 0.6) is 0 Å². The van der Waals surface area contributed by atoms with E-state index < -0.39 is 0 Å². The van der Waals surface area contributed by atoms with Crippen LogP contribution in [-0.2, 0) is 11.2 Å². The molecule has 0 fully saturated rings. The Bertz CT molecular complexity index is 777. The molecule has 110 valence electrons. The second kappa shape index (κ2) is 6.64. The minimum Gasteiger partial charge on any atom is -0.315 e. The molecule has 3 heterocycles. The van der Waals surface area contributed by atoms with Crippen molar-refractivity contribution in [3.05, 3.63) is 59.8 Å². The van der Waals surface area contributed by atoms with Crippen LogP contribution in [0, 0.1) is 0 Å². The zero-order chi connectivity index (χ0) is 15.4. The van der Waals surface area contributed by atoms with Crippen molar-refractivity contribution in [2.75, 3.05) is 5.32 Å². The Labute approximate surface area is 136 Å². The van der Waals surface area contributed by atoms with Crippen LogP contribution in [0.3, 0.4) is 0 Å². The number of halogens is 1. The predicted molar refractivity (Wildman–Crippen MR) is 86.9 cm³/mol. The quantitative estimate of drug-likeness (QED) is 0.795. The predicted octanol–water partition coefficient (Wildman–Crippen LogP) is 3.43. The Morgan fingerprint density at radius 1 is 1.18 bits per heavy atom. The van der Waals surface area contributed by atoms with Gasteiger partial charge in [-0.25, -0.2) is 4.98 Å². The van der Waals surface area contributed by atoms with E-state index in [1.54, 1.807) is 36.9 Å². The van der Waals surface area contributed by atoms with Gasteiger partial charge in [-0.15, -0.1) is 0 Å². The van der Waals surface area contributed by atoms with Gasteiger partial charge in [0, 0.05) is 30.4 Å². The van der Waals surface area contributed by atoms with Gasteiger partial charge < -0.3 is 5.32 Å². The number of carbonyl (C=O) groups excluding carboxylic acids is 1. The molecular weight excluding hydrogens is 320 g/mol. The van der Waals surface area contributed by atoms with Crippen molar-refractivity contribution in [3.63, 3.8) is 0 Å². The van der Waals surface area contributed by atoms with E-state index >= 15 is 0 Å². The van der Waals surface area contributed by atoms with Crippen LogP contribution in [-0.4, -0.2) is 20.9 Å². The van der Waals surface area contributed by atoms with Gasteiger partial charge >= 0.3 is 0 Å². The summed E-state index contributed by atoms with van der Waals surface area (Å²) in [5.74, 6) is -0.144. The molecule has 0 aliphatic rings. The molecule has 0 bridgehead atoms. The third-order valence-corrected chi connectivity index (χ3v) is 4.27. The summed E-state index contributed by atoms with van der Waals surface area (Å²) >= 11 is 7.42. The number of nitrogens with one attached hydrogen (secondary N) is 1. The summed E-state index contributed by atoms with van der Waals surface area (Å²) in [6.07, 6.45) is 6.97. The molecular formula is C15H11ClN4OS. The summed E-state index contributed by atoms with van der Waals surface area (Å²) in [6, 6.07) is 7.32. The molecule has 0 aliphatic carbocycles. The third-order valence-electron chi connectivity index (χ3n) is 2.86. The molecule has 1 N–H and O–H groups in total. The number of nitrogens with zero attached hydrogens (tertiary/aromatic N) is 3. The van der Waals surface area contributed by atoms with E-state index in [9.17, 15) is 4.79 Å². The highest BCUT2D eigenvalue weighted by molar-refractivity contribution is 7.19. The van der Waals surface area contributed by atoms with Gasteiger partial charge in [0.25, 0.3) is 0 Å². The topological polar surface area (TPSA) is 67.8 Å². The van der Waals surface area contributed by atoms with Crippen LogP contribution in [0.1, 0.15) is 5.56 Å². The number of hydrogen-bond acceptors (Lipinski definition) is 5. The lowest BCUT2D eigenvalue weighted by Crippen LogP contribution is -2.13. The molecule has 1 amide bonds. The largest absolute Gasteiger partial charge is 0.315 e. The zero-order valence-electron chi connectivity index (χ0n) is 11.4. The van der Waals surface area contributed by atoms with Gasteiger partial charge in [-0.1, -0.05) is 22.9 Å². The lowest BCUT2D eigenvalue weighted by atomic mass is 10.2. The lowest BCUT2D eigenvalue weighted by molar-refractivity contribution is -0.115. The average Bonchev–Trinajstić information content (AvgIpc) is 2.90. The first kappa shape index (κ1) is 14.6. The molecule has 3 rings (SSSR count). The van der Waals surface area contributed by atoms with Crippen LogP contribution in [0.4, 0.5) is 5.00 Å². The smallest absolute Gasteiger partial charge is 0.229 e. The Morgan fingerprint density at radius 3 is 2.73 bits per heavy atom. The second-order valence-corrected chi connectivity index (χ2v) is 5.82. The summed E-state index contributed by atoms with van der Waals surface area (Å²) < 4.78 is 0. The van der Waals surface area contributed by atoms with E-state index in [-0.39, 0.29) is 17.5 Å². The number of rotatable bonds is 4. The number of aromatic nitrogens is 3. The molecule has 0 unspecified atom stereocenters. The highest BCUT2D eigenvalue weighted by Gasteiger charge is 2.13. The van der Waals surface area contributed by atoms with Gasteiger partial charge in [0.2, 0.25) is 5.91 Å². The van der Waals surface area contributed by atoms with Crippen molar-refractivity contribution in [1.82, 2.24) is 15.0 Å². The molecule has 0 aliphatic heterocycles. The minimum absolute atomic E-state index is 0.144. The average molecular weight is 331 g/mol. The Kier molecular flexibility index (Phi) is 4.41. The molecule has 3 aromatic heterocycles. The van der Waals surface area contributed by atoms with E-state index in [1.807, 2.05) is 12.1 Å². The van der Waals surface area contributed by atoms with Crippen LogP contribution in [0.15, 0.2) is 49.1 Å². The number of carbonyl (C=O) groups is 1. The Balaban J connectivity index is 1.73. The van der Waals surface area contributed by atoms with Crippen LogP contribution in [0.2, 0.25) is 5.15 Å². The van der Waals surface area contributed by atoms with E-state index in [4.69, 9.17) is 11.6 Å². The molecule has 3 aromatic rings. The highest BCUT2D eigenvalue weighted by atomic mass is 35.5. The first-order valence-corrected chi connectivity index (χ1v) is 7.67. The summed E-state index contributed by atoms with van der Waals surface area (Å²) in [6.45, 7) is 0. The number of hydrogen-bond donors (Lipinski definition) is 1. The SMILES string of the molecule is O=C(Cc1ccncc1)Nc1sc(-c2cccnc2)nc1Cl. The maximum atomic E-state index is 12.1. The molecule has 0 saturated carbocycles. The van der Waals surface area contributed by atoms with Crippen LogP contribution >= 0.6 is 22.9 Å². The standard InChI is InChI=1S/C15H11ClN4OS/c16-13-15(19-12(21)8-10-3-6-17-7-4-10)22-14(20-13)11-2-1-5-18-9-11/h1-7,9H,8H2,(H,19,21). The van der Waals surface area contributed by atoms with Gasteiger partial charge in [-0.2, -0.15) is 0 Å². The molecule has 5 nitrogen and oxygen atoms in total. The first-order chi connectivity index (χ1) is 10.7. The van der Waals surface area contributed by atoms with Gasteiger partial charge in [-0.3, -0.25) is 14.8 Å². The molecule has 0 saturated heterocycles. The molecule has 22 heavy (non-hydrogen) atoms. The molecule has 7 heteroatoms. The van der Waals surface area contributed by atoms with Crippen LogP contribution in [0.25, 0.3) is 10.6 Å². The monoisotopic (exact) mass is 330 g/mol.